The number of fused-ring (bicyclic) bond motifs is 1. The molecule has 3 aromatic heterocycles. The lowest BCUT2D eigenvalue weighted by Gasteiger charge is -2.34. The van der Waals surface area contributed by atoms with E-state index in [4.69, 9.17) is 4.74 Å². The molecule has 1 saturated carbocycles. The van der Waals surface area contributed by atoms with Gasteiger partial charge >= 0.3 is 0 Å². The number of carbonyl (C=O) groups is 4. The highest BCUT2D eigenvalue weighted by atomic mass is 16.5. The molecule has 6 atom stereocenters. The van der Waals surface area contributed by atoms with Gasteiger partial charge in [0.05, 0.1) is 36.2 Å². The fourth-order valence-corrected chi connectivity index (χ4v) is 7.64. The van der Waals surface area contributed by atoms with Gasteiger partial charge in [0.15, 0.2) is 6.61 Å². The molecule has 0 radical (unpaired) electrons. The van der Waals surface area contributed by atoms with E-state index in [1.165, 1.54) is 6.33 Å². The number of aliphatic hydroxyl groups excluding tert-OH is 1. The van der Waals surface area contributed by atoms with E-state index in [1.54, 1.807) is 30.7 Å². The van der Waals surface area contributed by atoms with Gasteiger partial charge < -0.3 is 36.1 Å². The molecule has 1 aromatic carbocycles. The van der Waals surface area contributed by atoms with Gasteiger partial charge in [0.1, 0.15) is 17.8 Å². The second-order valence-corrected chi connectivity index (χ2v) is 15.9. The number of imidazole rings is 1. The third kappa shape index (κ3) is 12.8. The molecule has 58 heavy (non-hydrogen) atoms. The van der Waals surface area contributed by atoms with E-state index in [2.05, 4.69) is 41.2 Å². The first-order valence-electron chi connectivity index (χ1n) is 20.7. The van der Waals surface area contributed by atoms with Crippen LogP contribution in [0.3, 0.4) is 0 Å². The summed E-state index contributed by atoms with van der Waals surface area (Å²) in [6.07, 6.45) is 11.9. The zero-order valence-electron chi connectivity index (χ0n) is 34.2. The number of hydrogen-bond donors (Lipinski definition) is 6. The van der Waals surface area contributed by atoms with E-state index in [0.717, 1.165) is 43.0 Å². The summed E-state index contributed by atoms with van der Waals surface area (Å²) >= 11 is 0. The third-order valence-corrected chi connectivity index (χ3v) is 11.3. The van der Waals surface area contributed by atoms with Crippen LogP contribution in [0.15, 0.2) is 73.4 Å². The molecule has 312 valence electrons. The first-order chi connectivity index (χ1) is 28.0. The van der Waals surface area contributed by atoms with Gasteiger partial charge in [0.25, 0.3) is 5.91 Å². The third-order valence-electron chi connectivity index (χ3n) is 11.3. The molecular formula is C44H60N8O6. The summed E-state index contributed by atoms with van der Waals surface area (Å²) in [6.45, 7) is 7.62. The van der Waals surface area contributed by atoms with Crippen LogP contribution in [-0.4, -0.2) is 79.5 Å². The minimum atomic E-state index is -1.09. The number of amides is 4. The number of aromatic amines is 1. The largest absolute Gasteiger partial charge is 0.483 e. The predicted octanol–water partition coefficient (Wildman–Crippen LogP) is 4.78. The highest BCUT2D eigenvalue weighted by Gasteiger charge is 2.36. The van der Waals surface area contributed by atoms with E-state index >= 15 is 0 Å². The van der Waals surface area contributed by atoms with Gasteiger partial charge in [-0.25, -0.2) is 4.98 Å². The molecule has 1 aliphatic carbocycles. The molecular weight excluding hydrogens is 737 g/mol. The summed E-state index contributed by atoms with van der Waals surface area (Å²) in [7, 11) is 0. The number of aliphatic hydroxyl groups is 1. The summed E-state index contributed by atoms with van der Waals surface area (Å²) in [5.41, 5.74) is 2.08. The number of rotatable bonds is 21. The predicted molar refractivity (Wildman–Crippen MR) is 221 cm³/mol. The Kier molecular flexibility index (Phi) is 16.6. The summed E-state index contributed by atoms with van der Waals surface area (Å²) in [6, 6.07) is 12.1. The average Bonchev–Trinajstić information content (AvgIpc) is 3.76. The molecule has 14 nitrogen and oxygen atoms in total. The lowest BCUT2D eigenvalue weighted by Crippen LogP contribution is -2.55. The van der Waals surface area contributed by atoms with Gasteiger partial charge in [-0.2, -0.15) is 0 Å². The normalized spacial score (nSPS) is 16.4. The number of pyridine rings is 2. The van der Waals surface area contributed by atoms with Gasteiger partial charge in [0, 0.05) is 42.0 Å². The van der Waals surface area contributed by atoms with E-state index in [-0.39, 0.29) is 55.6 Å². The van der Waals surface area contributed by atoms with Crippen LogP contribution in [-0.2, 0) is 32.1 Å². The van der Waals surface area contributed by atoms with Crippen molar-refractivity contribution in [1.29, 1.82) is 0 Å². The number of aromatic nitrogens is 4. The highest BCUT2D eigenvalue weighted by Crippen LogP contribution is 2.30. The summed E-state index contributed by atoms with van der Waals surface area (Å²) in [5.74, 6) is -1.81. The zero-order valence-corrected chi connectivity index (χ0v) is 34.2. The highest BCUT2D eigenvalue weighted by molar-refractivity contribution is 5.90. The van der Waals surface area contributed by atoms with Crippen molar-refractivity contribution >= 4 is 34.5 Å². The molecule has 0 spiro atoms. The molecule has 4 amide bonds. The first-order valence-corrected chi connectivity index (χ1v) is 20.7. The maximum absolute atomic E-state index is 14.2. The minimum Gasteiger partial charge on any atom is -0.483 e. The summed E-state index contributed by atoms with van der Waals surface area (Å²) in [5, 5.41) is 24.6. The van der Waals surface area contributed by atoms with Crippen molar-refractivity contribution < 1.29 is 29.0 Å². The molecule has 14 heteroatoms. The van der Waals surface area contributed by atoms with Gasteiger partial charge in [-0.1, -0.05) is 84.4 Å². The molecule has 6 N–H and O–H groups in total. The fourth-order valence-electron chi connectivity index (χ4n) is 7.64. The Labute approximate surface area is 341 Å². The van der Waals surface area contributed by atoms with Crippen LogP contribution in [0.4, 0.5) is 0 Å². The van der Waals surface area contributed by atoms with Crippen molar-refractivity contribution in [2.75, 3.05) is 6.61 Å². The smallest absolute Gasteiger partial charge is 0.258 e. The van der Waals surface area contributed by atoms with E-state index in [1.807, 2.05) is 64.1 Å². The van der Waals surface area contributed by atoms with Gasteiger partial charge in [-0.3, -0.25) is 29.1 Å². The standard InChI is InChI=1S/C44H60N8O6/c1-5-29(4)41(44(57)48-25-31-15-11-12-19-46-31)52-42(55)34(28(2)3)23-38(53)36(21-30-13-7-6-8-14-30)51-43(56)37(22-32-24-45-27-49-32)50-40(54)26-58-39-18-20-47-35-17-10-9-16-33(35)39/h9-12,15-20,24,27-30,34,36-38,41,53H,5-8,13-14,21-23,25-26H2,1-4H3,(H,45,49)(H,48,57)(H,50,54)(H,51,56)(H,52,55)/t29-,34-,36-,37-,38-,41-/m0/s1. The Morgan fingerprint density at radius 1 is 0.897 bits per heavy atom. The summed E-state index contributed by atoms with van der Waals surface area (Å²) < 4.78 is 5.89. The molecule has 0 aliphatic heterocycles. The van der Waals surface area contributed by atoms with Crippen molar-refractivity contribution in [3.63, 3.8) is 0 Å². The van der Waals surface area contributed by atoms with Gasteiger partial charge in [-0.05, 0) is 60.9 Å². The molecule has 5 rings (SSSR count). The van der Waals surface area contributed by atoms with Gasteiger partial charge in [0.2, 0.25) is 17.7 Å². The van der Waals surface area contributed by atoms with Crippen LogP contribution in [0.25, 0.3) is 10.9 Å². The Bertz CT molecular complexity index is 1900. The van der Waals surface area contributed by atoms with Crippen molar-refractivity contribution in [1.82, 2.24) is 41.2 Å². The number of H-pyrrole nitrogens is 1. The monoisotopic (exact) mass is 796 g/mol. The van der Waals surface area contributed by atoms with E-state index < -0.39 is 42.0 Å². The zero-order chi connectivity index (χ0) is 41.4. The number of nitrogens with one attached hydrogen (secondary N) is 5. The van der Waals surface area contributed by atoms with Gasteiger partial charge in [-0.15, -0.1) is 0 Å². The number of para-hydroxylation sites is 1. The van der Waals surface area contributed by atoms with Crippen molar-refractivity contribution in [2.45, 2.75) is 116 Å². The average molecular weight is 797 g/mol. The molecule has 0 saturated heterocycles. The van der Waals surface area contributed by atoms with Crippen molar-refractivity contribution in [2.24, 2.45) is 23.7 Å². The number of carbonyl (C=O) groups excluding carboxylic acids is 4. The number of benzene rings is 1. The van der Waals surface area contributed by atoms with Crippen LogP contribution in [0.2, 0.25) is 0 Å². The Hall–Kier alpha value is -5.37. The summed E-state index contributed by atoms with van der Waals surface area (Å²) in [4.78, 5) is 70.8. The maximum Gasteiger partial charge on any atom is 0.258 e. The van der Waals surface area contributed by atoms with Crippen molar-refractivity contribution in [3.8, 4) is 5.75 Å². The van der Waals surface area contributed by atoms with Crippen molar-refractivity contribution in [3.05, 3.63) is 84.8 Å². The second-order valence-electron chi connectivity index (χ2n) is 15.9. The molecule has 0 bridgehead atoms. The van der Waals surface area contributed by atoms with E-state index in [0.29, 0.717) is 30.0 Å². The van der Waals surface area contributed by atoms with Crippen LogP contribution in [0.5, 0.6) is 5.75 Å². The quantitative estimate of drug-likeness (QED) is 0.0687. The fraction of sp³-hybridized carbons (Fsp3) is 0.523. The second kappa shape index (κ2) is 22.0. The molecule has 1 aliphatic rings. The first kappa shape index (κ1) is 43.7. The van der Waals surface area contributed by atoms with Crippen LogP contribution >= 0.6 is 0 Å². The molecule has 0 unspecified atom stereocenters. The van der Waals surface area contributed by atoms with Crippen LogP contribution in [0, 0.1) is 23.7 Å². The van der Waals surface area contributed by atoms with Crippen LogP contribution in [0.1, 0.15) is 90.4 Å². The minimum absolute atomic E-state index is 0.0647. The topological polar surface area (TPSA) is 200 Å². The Morgan fingerprint density at radius 2 is 1.67 bits per heavy atom. The lowest BCUT2D eigenvalue weighted by atomic mass is 9.81. The SMILES string of the molecule is CC[C@H](C)[C@H](NC(=O)[C@@H](C[C@H](O)[C@H](CC1CCCCC1)NC(=O)[C@H](Cc1cnc[nH]1)NC(=O)COc1ccnc2ccccc12)C(C)C)C(=O)NCc1ccccn1. The molecule has 4 aromatic rings. The maximum atomic E-state index is 14.2. The number of hydrogen-bond acceptors (Lipinski definition) is 9. The Balaban J connectivity index is 1.29. The van der Waals surface area contributed by atoms with E-state index in [9.17, 15) is 24.3 Å². The lowest BCUT2D eigenvalue weighted by molar-refractivity contribution is -0.134. The number of ether oxygens (including phenoxy) is 1. The number of nitrogens with zero attached hydrogens (tertiary/aromatic N) is 3. The Morgan fingerprint density at radius 3 is 2.38 bits per heavy atom. The van der Waals surface area contributed by atoms with Crippen LogP contribution < -0.4 is 26.0 Å². The molecule has 3 heterocycles. The molecule has 1 fully saturated rings.